The topological polar surface area (TPSA) is 78.3 Å². The van der Waals surface area contributed by atoms with E-state index in [1.165, 1.54) is 11.8 Å². The van der Waals surface area contributed by atoms with E-state index in [1.54, 1.807) is 0 Å². The first-order valence-corrected chi connectivity index (χ1v) is 16.1. The molecule has 42 heavy (non-hydrogen) atoms. The number of hydrogen-bond donors (Lipinski definition) is 1. The molecule has 6 rings (SSSR count). The predicted molar refractivity (Wildman–Crippen MR) is 170 cm³/mol. The summed E-state index contributed by atoms with van der Waals surface area (Å²) in [5, 5.41) is 9.61. The van der Waals surface area contributed by atoms with E-state index in [-0.39, 0.29) is 5.78 Å². The zero-order valence-electron chi connectivity index (χ0n) is 23.3. The van der Waals surface area contributed by atoms with Crippen LogP contribution in [-0.2, 0) is 17.2 Å². The number of thioether (sulfide) groups is 1. The molecule has 216 valence electrons. The van der Waals surface area contributed by atoms with Gasteiger partial charge in [-0.3, -0.25) is 4.79 Å². The molecule has 2 heterocycles. The molecule has 7 nitrogen and oxygen atoms in total. The van der Waals surface area contributed by atoms with Crippen LogP contribution in [-0.4, -0.2) is 27.2 Å². The van der Waals surface area contributed by atoms with Gasteiger partial charge in [-0.05, 0) is 83.1 Å². The van der Waals surface area contributed by atoms with Crippen LogP contribution < -0.4 is 14.8 Å². The van der Waals surface area contributed by atoms with E-state index in [0.29, 0.717) is 53.0 Å². The van der Waals surface area contributed by atoms with E-state index >= 15 is 0 Å². The van der Waals surface area contributed by atoms with Gasteiger partial charge >= 0.3 is 0 Å². The molecular formula is C32H30BrClN4O3S. The fourth-order valence-electron chi connectivity index (χ4n) is 5.33. The minimum atomic E-state index is -0.452. The Balaban J connectivity index is 1.37. The summed E-state index contributed by atoms with van der Waals surface area (Å²) in [5.74, 6) is 2.59. The van der Waals surface area contributed by atoms with Crippen LogP contribution in [0.15, 0.2) is 81.6 Å². The Bertz CT molecular complexity index is 1690. The average molecular weight is 666 g/mol. The van der Waals surface area contributed by atoms with Crippen LogP contribution in [0.4, 0.5) is 5.95 Å². The first-order valence-electron chi connectivity index (χ1n) is 13.9. The normalized spacial score (nSPS) is 16.1. The standard InChI is InChI=1S/C32H30BrClN4O3S/c1-3-40-27-16-22(15-23(33)30(27)41-17-20-10-5-4-9-19(20)2)29-28-25(13-8-14-26(28)39)35-31-36-32(37-38(29)31)42-18-21-11-6-7-12-24(21)34/h4-7,9-12,15-16,29H,3,8,13-14,17-18H2,1-2H3,(H,35,36,37). The number of ether oxygens (including phenoxy) is 2. The van der Waals surface area contributed by atoms with Gasteiger partial charge in [0.15, 0.2) is 17.3 Å². The number of nitrogens with zero attached hydrogens (tertiary/aromatic N) is 3. The SMILES string of the molecule is CCOc1cc(C2C3=C(CCCC3=O)Nc3nc(SCc4ccccc4Cl)nn32)cc(Br)c1OCc1ccccc1C. The molecule has 1 atom stereocenters. The summed E-state index contributed by atoms with van der Waals surface area (Å²) in [6.45, 7) is 4.89. The highest BCUT2D eigenvalue weighted by molar-refractivity contribution is 9.10. The molecule has 0 radical (unpaired) electrons. The molecule has 3 aromatic carbocycles. The highest BCUT2D eigenvalue weighted by Gasteiger charge is 2.37. The summed E-state index contributed by atoms with van der Waals surface area (Å²) in [6.07, 6.45) is 2.09. The van der Waals surface area contributed by atoms with E-state index in [0.717, 1.165) is 50.8 Å². The number of fused-ring (bicyclic) bond motifs is 1. The van der Waals surface area contributed by atoms with Gasteiger partial charge in [0, 0.05) is 28.5 Å². The maximum atomic E-state index is 13.4. The lowest BCUT2D eigenvalue weighted by molar-refractivity contribution is -0.116. The van der Waals surface area contributed by atoms with Crippen molar-refractivity contribution in [1.82, 2.24) is 14.8 Å². The van der Waals surface area contributed by atoms with Crippen molar-refractivity contribution in [1.29, 1.82) is 0 Å². The van der Waals surface area contributed by atoms with Crippen molar-refractivity contribution in [3.8, 4) is 11.5 Å². The van der Waals surface area contributed by atoms with Gasteiger partial charge in [-0.2, -0.15) is 4.98 Å². The number of carbonyl (C=O) groups is 1. The Hall–Kier alpha value is -3.27. The summed E-state index contributed by atoms with van der Waals surface area (Å²) >= 11 is 11.6. The smallest absolute Gasteiger partial charge is 0.227 e. The minimum Gasteiger partial charge on any atom is -0.490 e. The maximum absolute atomic E-state index is 13.4. The van der Waals surface area contributed by atoms with Crippen LogP contribution in [0.3, 0.4) is 0 Å². The van der Waals surface area contributed by atoms with Gasteiger partial charge in [-0.15, -0.1) is 5.10 Å². The Labute approximate surface area is 262 Å². The van der Waals surface area contributed by atoms with Gasteiger partial charge in [0.1, 0.15) is 12.6 Å². The second-order valence-electron chi connectivity index (χ2n) is 10.2. The van der Waals surface area contributed by atoms with E-state index in [1.807, 2.05) is 60.1 Å². The van der Waals surface area contributed by atoms with Crippen molar-refractivity contribution < 1.29 is 14.3 Å². The Kier molecular flexibility index (Phi) is 8.60. The highest BCUT2D eigenvalue weighted by atomic mass is 79.9. The molecule has 0 amide bonds. The second-order valence-corrected chi connectivity index (χ2v) is 12.4. The number of benzene rings is 3. The molecule has 4 aromatic rings. The number of rotatable bonds is 9. The number of aryl methyl sites for hydroxylation is 1. The predicted octanol–water partition coefficient (Wildman–Crippen LogP) is 8.29. The molecule has 0 bridgehead atoms. The number of Topliss-reactive ketones (excluding diaryl/α,β-unsaturated/α-hetero) is 1. The fraction of sp³-hybridized carbons (Fsp3) is 0.281. The summed E-state index contributed by atoms with van der Waals surface area (Å²) < 4.78 is 15.0. The summed E-state index contributed by atoms with van der Waals surface area (Å²) in [4.78, 5) is 18.2. The van der Waals surface area contributed by atoms with E-state index in [4.69, 9.17) is 31.2 Å². The van der Waals surface area contributed by atoms with Crippen molar-refractivity contribution in [3.05, 3.63) is 104 Å². The third-order valence-electron chi connectivity index (χ3n) is 7.44. The molecule has 0 saturated carbocycles. The lowest BCUT2D eigenvalue weighted by Crippen LogP contribution is -2.31. The second kappa shape index (κ2) is 12.5. The van der Waals surface area contributed by atoms with Crippen molar-refractivity contribution in [2.75, 3.05) is 11.9 Å². The van der Waals surface area contributed by atoms with E-state index in [2.05, 4.69) is 40.3 Å². The third-order valence-corrected chi connectivity index (χ3v) is 9.29. The Morgan fingerprint density at radius 2 is 1.88 bits per heavy atom. The number of halogens is 2. The Morgan fingerprint density at radius 3 is 2.67 bits per heavy atom. The molecule has 10 heteroatoms. The van der Waals surface area contributed by atoms with Crippen molar-refractivity contribution >= 4 is 51.0 Å². The Morgan fingerprint density at radius 1 is 1.10 bits per heavy atom. The molecule has 1 N–H and O–H groups in total. The molecule has 1 aliphatic carbocycles. The monoisotopic (exact) mass is 664 g/mol. The van der Waals surface area contributed by atoms with Crippen LogP contribution >= 0.6 is 39.3 Å². The number of aromatic nitrogens is 3. The average Bonchev–Trinajstić information content (AvgIpc) is 3.39. The molecule has 1 unspecified atom stereocenters. The zero-order chi connectivity index (χ0) is 29.2. The molecule has 1 aliphatic heterocycles. The van der Waals surface area contributed by atoms with Crippen LogP contribution in [0.25, 0.3) is 0 Å². The number of allylic oxidation sites excluding steroid dienone is 2. The number of nitrogens with one attached hydrogen (secondary N) is 1. The number of anilines is 1. The first-order chi connectivity index (χ1) is 20.4. The molecule has 0 saturated heterocycles. The van der Waals surface area contributed by atoms with Crippen molar-refractivity contribution in [3.63, 3.8) is 0 Å². The van der Waals surface area contributed by atoms with Crippen LogP contribution in [0, 0.1) is 6.92 Å². The van der Waals surface area contributed by atoms with Gasteiger partial charge in [-0.25, -0.2) is 4.68 Å². The minimum absolute atomic E-state index is 0.120. The van der Waals surface area contributed by atoms with E-state index in [9.17, 15) is 4.79 Å². The summed E-state index contributed by atoms with van der Waals surface area (Å²) in [7, 11) is 0. The van der Waals surface area contributed by atoms with Gasteiger partial charge < -0.3 is 14.8 Å². The number of ketones is 1. The van der Waals surface area contributed by atoms with Crippen LogP contribution in [0.2, 0.25) is 5.02 Å². The number of hydrogen-bond acceptors (Lipinski definition) is 7. The molecule has 1 aromatic heterocycles. The number of carbonyl (C=O) groups excluding carboxylic acids is 1. The third kappa shape index (κ3) is 5.82. The lowest BCUT2D eigenvalue weighted by atomic mass is 9.85. The molecule has 0 spiro atoms. The van der Waals surface area contributed by atoms with Gasteiger partial charge in [0.05, 0.1) is 11.1 Å². The van der Waals surface area contributed by atoms with Gasteiger partial charge in [0.25, 0.3) is 0 Å². The van der Waals surface area contributed by atoms with Crippen LogP contribution in [0.1, 0.15) is 54.5 Å². The largest absolute Gasteiger partial charge is 0.490 e. The zero-order valence-corrected chi connectivity index (χ0v) is 26.5. The van der Waals surface area contributed by atoms with Gasteiger partial charge in [0.2, 0.25) is 11.1 Å². The molecular weight excluding hydrogens is 636 g/mol. The molecule has 0 fully saturated rings. The van der Waals surface area contributed by atoms with Crippen molar-refractivity contribution in [2.24, 2.45) is 0 Å². The highest BCUT2D eigenvalue weighted by Crippen LogP contribution is 2.45. The quantitative estimate of drug-likeness (QED) is 0.180. The maximum Gasteiger partial charge on any atom is 0.227 e. The first kappa shape index (κ1) is 28.8. The van der Waals surface area contributed by atoms with Gasteiger partial charge in [-0.1, -0.05) is 65.8 Å². The molecule has 2 aliphatic rings. The lowest BCUT2D eigenvalue weighted by Gasteiger charge is -2.32. The van der Waals surface area contributed by atoms with Crippen LogP contribution in [0.5, 0.6) is 11.5 Å². The summed E-state index contributed by atoms with van der Waals surface area (Å²) in [6, 6.07) is 19.4. The fourth-order valence-corrected chi connectivity index (χ4v) is 7.02. The summed E-state index contributed by atoms with van der Waals surface area (Å²) in [5.41, 5.74) is 5.78. The van der Waals surface area contributed by atoms with E-state index < -0.39 is 6.04 Å². The van der Waals surface area contributed by atoms with Crippen molar-refractivity contribution in [2.45, 2.75) is 56.7 Å².